The van der Waals surface area contributed by atoms with Crippen molar-refractivity contribution in [3.63, 3.8) is 0 Å². The summed E-state index contributed by atoms with van der Waals surface area (Å²) >= 11 is 0. The van der Waals surface area contributed by atoms with Gasteiger partial charge in [-0.25, -0.2) is 0 Å². The zero-order valence-electron chi connectivity index (χ0n) is 10.5. The van der Waals surface area contributed by atoms with Gasteiger partial charge in [-0.15, -0.1) is 0 Å². The maximum absolute atomic E-state index is 5.23. The van der Waals surface area contributed by atoms with Crippen LogP contribution in [-0.4, -0.2) is 27.2 Å². The summed E-state index contributed by atoms with van der Waals surface area (Å²) in [6.07, 6.45) is 1.16. The molecule has 2 N–H and O–H groups in total. The minimum Gasteiger partial charge on any atom is -0.496 e. The third kappa shape index (κ3) is 4.21. The minimum absolute atomic E-state index is 0.925. The standard InChI is InChI=1S/C13H22N2O/c1-11-9-12(5-6-13(11)16-3)10-15-8-4-7-14-2/h5-6,9,14-15H,4,7-8,10H2,1-3H3. The van der Waals surface area contributed by atoms with Gasteiger partial charge in [-0.05, 0) is 50.7 Å². The summed E-state index contributed by atoms with van der Waals surface area (Å²) in [5, 5.41) is 6.55. The second kappa shape index (κ2) is 7.25. The largest absolute Gasteiger partial charge is 0.496 e. The fourth-order valence-corrected chi connectivity index (χ4v) is 1.67. The Morgan fingerprint density at radius 2 is 2.06 bits per heavy atom. The van der Waals surface area contributed by atoms with Gasteiger partial charge < -0.3 is 15.4 Å². The van der Waals surface area contributed by atoms with Gasteiger partial charge in [-0.2, -0.15) is 0 Å². The maximum atomic E-state index is 5.23. The first kappa shape index (κ1) is 13.0. The molecule has 0 aliphatic rings. The summed E-state index contributed by atoms with van der Waals surface area (Å²) in [5.41, 5.74) is 2.50. The van der Waals surface area contributed by atoms with Crippen LogP contribution in [0.5, 0.6) is 5.75 Å². The van der Waals surface area contributed by atoms with E-state index < -0.39 is 0 Å². The Labute approximate surface area is 98.2 Å². The molecule has 0 fully saturated rings. The molecule has 0 heterocycles. The molecule has 90 valence electrons. The van der Waals surface area contributed by atoms with E-state index in [0.717, 1.165) is 31.8 Å². The zero-order chi connectivity index (χ0) is 11.8. The first-order chi connectivity index (χ1) is 7.77. The third-order valence-corrected chi connectivity index (χ3v) is 2.57. The second-order valence-electron chi connectivity index (χ2n) is 3.94. The van der Waals surface area contributed by atoms with Gasteiger partial charge in [0, 0.05) is 6.54 Å². The Morgan fingerprint density at radius 1 is 1.25 bits per heavy atom. The topological polar surface area (TPSA) is 33.3 Å². The summed E-state index contributed by atoms with van der Waals surface area (Å²) in [5.74, 6) is 0.957. The summed E-state index contributed by atoms with van der Waals surface area (Å²) < 4.78 is 5.23. The van der Waals surface area contributed by atoms with Crippen LogP contribution in [-0.2, 0) is 6.54 Å². The van der Waals surface area contributed by atoms with Crippen LogP contribution in [0.25, 0.3) is 0 Å². The van der Waals surface area contributed by atoms with Crippen molar-refractivity contribution < 1.29 is 4.74 Å². The lowest BCUT2D eigenvalue weighted by atomic mass is 10.1. The minimum atomic E-state index is 0.925. The predicted octanol–water partition coefficient (Wildman–Crippen LogP) is 1.70. The molecule has 0 spiro atoms. The van der Waals surface area contributed by atoms with E-state index in [9.17, 15) is 0 Å². The Hall–Kier alpha value is -1.06. The number of aryl methyl sites for hydroxylation is 1. The van der Waals surface area contributed by atoms with Crippen molar-refractivity contribution in [2.45, 2.75) is 19.9 Å². The van der Waals surface area contributed by atoms with Crippen LogP contribution >= 0.6 is 0 Å². The monoisotopic (exact) mass is 222 g/mol. The molecule has 1 aromatic rings. The molecule has 0 saturated carbocycles. The Balaban J connectivity index is 2.34. The smallest absolute Gasteiger partial charge is 0.121 e. The van der Waals surface area contributed by atoms with Crippen molar-refractivity contribution in [3.05, 3.63) is 29.3 Å². The lowest BCUT2D eigenvalue weighted by Gasteiger charge is -2.08. The molecule has 3 nitrogen and oxygen atoms in total. The normalized spacial score (nSPS) is 10.4. The van der Waals surface area contributed by atoms with Gasteiger partial charge in [0.15, 0.2) is 0 Å². The van der Waals surface area contributed by atoms with Gasteiger partial charge in [-0.1, -0.05) is 12.1 Å². The number of nitrogens with one attached hydrogen (secondary N) is 2. The average Bonchev–Trinajstić information content (AvgIpc) is 2.29. The lowest BCUT2D eigenvalue weighted by molar-refractivity contribution is 0.411. The fraction of sp³-hybridized carbons (Fsp3) is 0.538. The van der Waals surface area contributed by atoms with Crippen LogP contribution in [0.2, 0.25) is 0 Å². The average molecular weight is 222 g/mol. The number of ether oxygens (including phenoxy) is 1. The Kier molecular flexibility index (Phi) is 5.90. The SMILES string of the molecule is CNCCCNCc1ccc(OC)c(C)c1. The van der Waals surface area contributed by atoms with E-state index in [-0.39, 0.29) is 0 Å². The highest BCUT2D eigenvalue weighted by Gasteiger charge is 1.99. The summed E-state index contributed by atoms with van der Waals surface area (Å²) in [6, 6.07) is 6.31. The Morgan fingerprint density at radius 3 is 2.69 bits per heavy atom. The van der Waals surface area contributed by atoms with Crippen molar-refractivity contribution in [2.24, 2.45) is 0 Å². The van der Waals surface area contributed by atoms with Gasteiger partial charge in [0.1, 0.15) is 5.75 Å². The molecule has 0 atom stereocenters. The highest BCUT2D eigenvalue weighted by atomic mass is 16.5. The number of benzene rings is 1. The molecule has 0 radical (unpaired) electrons. The predicted molar refractivity (Wildman–Crippen MR) is 68.0 cm³/mol. The highest BCUT2D eigenvalue weighted by Crippen LogP contribution is 2.18. The van der Waals surface area contributed by atoms with Gasteiger partial charge in [-0.3, -0.25) is 0 Å². The van der Waals surface area contributed by atoms with E-state index in [1.807, 2.05) is 13.1 Å². The van der Waals surface area contributed by atoms with Crippen LogP contribution < -0.4 is 15.4 Å². The molecule has 1 aromatic carbocycles. The molecule has 0 bridgehead atoms. The molecule has 0 unspecified atom stereocenters. The van der Waals surface area contributed by atoms with E-state index in [1.165, 1.54) is 11.1 Å². The molecular formula is C13H22N2O. The fourth-order valence-electron chi connectivity index (χ4n) is 1.67. The molecule has 0 aliphatic heterocycles. The molecule has 0 amide bonds. The van der Waals surface area contributed by atoms with Crippen LogP contribution in [0, 0.1) is 6.92 Å². The second-order valence-corrected chi connectivity index (χ2v) is 3.94. The van der Waals surface area contributed by atoms with Gasteiger partial charge in [0.25, 0.3) is 0 Å². The number of hydrogen-bond acceptors (Lipinski definition) is 3. The van der Waals surface area contributed by atoms with Crippen LogP contribution in [0.3, 0.4) is 0 Å². The summed E-state index contributed by atoms with van der Waals surface area (Å²) in [7, 11) is 3.69. The Bertz CT molecular complexity index is 313. The van der Waals surface area contributed by atoms with Crippen molar-refractivity contribution in [3.8, 4) is 5.75 Å². The molecule has 0 aliphatic carbocycles. The lowest BCUT2D eigenvalue weighted by Crippen LogP contribution is -2.19. The van der Waals surface area contributed by atoms with E-state index in [4.69, 9.17) is 4.74 Å². The first-order valence-corrected chi connectivity index (χ1v) is 5.76. The molecule has 0 saturated heterocycles. The van der Waals surface area contributed by atoms with Crippen molar-refractivity contribution in [1.82, 2.24) is 10.6 Å². The van der Waals surface area contributed by atoms with Gasteiger partial charge in [0.2, 0.25) is 0 Å². The third-order valence-electron chi connectivity index (χ3n) is 2.57. The van der Waals surface area contributed by atoms with Gasteiger partial charge >= 0.3 is 0 Å². The van der Waals surface area contributed by atoms with Gasteiger partial charge in [0.05, 0.1) is 7.11 Å². The van der Waals surface area contributed by atoms with Crippen LogP contribution in [0.1, 0.15) is 17.5 Å². The highest BCUT2D eigenvalue weighted by molar-refractivity contribution is 5.36. The molecule has 0 aromatic heterocycles. The van der Waals surface area contributed by atoms with Crippen molar-refractivity contribution in [2.75, 3.05) is 27.2 Å². The van der Waals surface area contributed by atoms with E-state index in [2.05, 4.69) is 29.7 Å². The molecule has 3 heteroatoms. The summed E-state index contributed by atoms with van der Waals surface area (Å²) in [6.45, 7) is 5.11. The zero-order valence-corrected chi connectivity index (χ0v) is 10.5. The molecular weight excluding hydrogens is 200 g/mol. The first-order valence-electron chi connectivity index (χ1n) is 5.76. The molecule has 16 heavy (non-hydrogen) atoms. The quantitative estimate of drug-likeness (QED) is 0.689. The van der Waals surface area contributed by atoms with E-state index in [0.29, 0.717) is 0 Å². The molecule has 1 rings (SSSR count). The van der Waals surface area contributed by atoms with E-state index >= 15 is 0 Å². The van der Waals surface area contributed by atoms with Crippen LogP contribution in [0.15, 0.2) is 18.2 Å². The van der Waals surface area contributed by atoms with E-state index in [1.54, 1.807) is 7.11 Å². The summed E-state index contributed by atoms with van der Waals surface area (Å²) in [4.78, 5) is 0. The number of rotatable bonds is 7. The maximum Gasteiger partial charge on any atom is 0.121 e. The number of hydrogen-bond donors (Lipinski definition) is 2. The van der Waals surface area contributed by atoms with Crippen LogP contribution in [0.4, 0.5) is 0 Å². The van der Waals surface area contributed by atoms with Crippen molar-refractivity contribution in [1.29, 1.82) is 0 Å². The van der Waals surface area contributed by atoms with Crippen molar-refractivity contribution >= 4 is 0 Å². The number of methoxy groups -OCH3 is 1.